The van der Waals surface area contributed by atoms with Crippen LogP contribution in [0, 0.1) is 0 Å². The molecular formula is C19H17O3P. The SMILES string of the molecule is CCOP(=O)(O)Cc1ccc2ccc3cccc4ccc1c2c34. The van der Waals surface area contributed by atoms with Crippen LogP contribution in [-0.4, -0.2) is 11.5 Å². The van der Waals surface area contributed by atoms with E-state index in [0.717, 1.165) is 21.7 Å². The van der Waals surface area contributed by atoms with Gasteiger partial charge in [-0.05, 0) is 44.8 Å². The van der Waals surface area contributed by atoms with Gasteiger partial charge < -0.3 is 9.42 Å². The van der Waals surface area contributed by atoms with E-state index in [1.807, 2.05) is 18.2 Å². The third kappa shape index (κ3) is 2.42. The molecule has 0 aromatic heterocycles. The van der Waals surface area contributed by atoms with E-state index in [9.17, 15) is 9.46 Å². The summed E-state index contributed by atoms with van der Waals surface area (Å²) < 4.78 is 17.2. The Labute approximate surface area is 134 Å². The summed E-state index contributed by atoms with van der Waals surface area (Å²) in [5, 5.41) is 6.94. The molecule has 4 aromatic rings. The minimum atomic E-state index is -3.61. The lowest BCUT2D eigenvalue weighted by atomic mass is 9.92. The van der Waals surface area contributed by atoms with Gasteiger partial charge in [0.05, 0.1) is 12.8 Å². The highest BCUT2D eigenvalue weighted by atomic mass is 31.2. The van der Waals surface area contributed by atoms with Crippen molar-refractivity contribution in [1.29, 1.82) is 0 Å². The van der Waals surface area contributed by atoms with Gasteiger partial charge in [0.2, 0.25) is 0 Å². The first-order chi connectivity index (χ1) is 11.1. The summed E-state index contributed by atoms with van der Waals surface area (Å²) >= 11 is 0. The highest BCUT2D eigenvalue weighted by Gasteiger charge is 2.21. The Morgan fingerprint density at radius 3 is 2.22 bits per heavy atom. The smallest absolute Gasteiger partial charge is 0.324 e. The van der Waals surface area contributed by atoms with Crippen LogP contribution in [0.3, 0.4) is 0 Å². The van der Waals surface area contributed by atoms with Gasteiger partial charge in [0, 0.05) is 0 Å². The zero-order chi connectivity index (χ0) is 16.0. The summed E-state index contributed by atoms with van der Waals surface area (Å²) in [6, 6.07) is 18.6. The Bertz CT molecular complexity index is 1040. The molecule has 0 heterocycles. The molecule has 0 fully saturated rings. The van der Waals surface area contributed by atoms with Crippen molar-refractivity contribution in [3.63, 3.8) is 0 Å². The first-order valence-electron chi connectivity index (χ1n) is 7.71. The fourth-order valence-corrected chi connectivity index (χ4v) is 4.60. The molecule has 0 radical (unpaired) electrons. The first kappa shape index (κ1) is 14.6. The maximum atomic E-state index is 12.2. The number of hydrogen-bond acceptors (Lipinski definition) is 2. The average Bonchev–Trinajstić information content (AvgIpc) is 2.53. The minimum absolute atomic E-state index is 0.0367. The molecule has 116 valence electrons. The maximum absolute atomic E-state index is 12.2. The van der Waals surface area contributed by atoms with Gasteiger partial charge in [-0.25, -0.2) is 0 Å². The van der Waals surface area contributed by atoms with Crippen molar-refractivity contribution in [3.05, 3.63) is 60.2 Å². The standard InChI is InChI=1S/C19H17O3P/c1-2-22-23(20,21)12-16-9-8-15-7-6-13-4-3-5-14-10-11-17(16)19(15)18(13)14/h3-11H,2,12H2,1H3,(H,20,21). The molecule has 4 heteroatoms. The van der Waals surface area contributed by atoms with Crippen LogP contribution < -0.4 is 0 Å². The summed E-state index contributed by atoms with van der Waals surface area (Å²) in [6.45, 7) is 1.96. The molecule has 1 atom stereocenters. The van der Waals surface area contributed by atoms with Gasteiger partial charge in [-0.3, -0.25) is 4.57 Å². The van der Waals surface area contributed by atoms with E-state index >= 15 is 0 Å². The van der Waals surface area contributed by atoms with Gasteiger partial charge in [-0.2, -0.15) is 0 Å². The lowest BCUT2D eigenvalue weighted by Crippen LogP contribution is -1.95. The third-order valence-electron chi connectivity index (χ3n) is 4.32. The minimum Gasteiger partial charge on any atom is -0.324 e. The fourth-order valence-electron chi connectivity index (χ4n) is 3.40. The van der Waals surface area contributed by atoms with Crippen molar-refractivity contribution in [3.8, 4) is 0 Å². The van der Waals surface area contributed by atoms with E-state index in [1.165, 1.54) is 16.2 Å². The summed E-state index contributed by atoms with van der Waals surface area (Å²) in [5.41, 5.74) is 0.857. The van der Waals surface area contributed by atoms with Crippen LogP contribution in [0.5, 0.6) is 0 Å². The van der Waals surface area contributed by atoms with Crippen molar-refractivity contribution in [2.24, 2.45) is 0 Å². The first-order valence-corrected chi connectivity index (χ1v) is 9.47. The van der Waals surface area contributed by atoms with Crippen LogP contribution in [0.25, 0.3) is 32.3 Å². The lowest BCUT2D eigenvalue weighted by Gasteiger charge is -2.16. The van der Waals surface area contributed by atoms with E-state index < -0.39 is 7.60 Å². The Morgan fingerprint density at radius 1 is 0.913 bits per heavy atom. The van der Waals surface area contributed by atoms with Crippen LogP contribution >= 0.6 is 7.60 Å². The lowest BCUT2D eigenvalue weighted by molar-refractivity contribution is 0.273. The molecule has 3 nitrogen and oxygen atoms in total. The Balaban J connectivity index is 2.02. The predicted molar refractivity (Wildman–Crippen MR) is 95.3 cm³/mol. The van der Waals surface area contributed by atoms with Crippen LogP contribution in [0.4, 0.5) is 0 Å². The molecule has 23 heavy (non-hydrogen) atoms. The molecule has 0 amide bonds. The zero-order valence-electron chi connectivity index (χ0n) is 12.8. The second-order valence-corrected chi connectivity index (χ2v) is 7.64. The Hall–Kier alpha value is -1.93. The summed E-state index contributed by atoms with van der Waals surface area (Å²) in [4.78, 5) is 10.00. The molecule has 4 rings (SSSR count). The van der Waals surface area contributed by atoms with Crippen LogP contribution in [-0.2, 0) is 15.3 Å². The third-order valence-corrected chi connectivity index (χ3v) is 5.72. The molecule has 0 saturated carbocycles. The van der Waals surface area contributed by atoms with Crippen molar-refractivity contribution in [1.82, 2.24) is 0 Å². The summed E-state index contributed by atoms with van der Waals surface area (Å²) in [5.74, 6) is 0. The van der Waals surface area contributed by atoms with E-state index in [-0.39, 0.29) is 12.8 Å². The number of benzene rings is 4. The molecule has 0 saturated heterocycles. The maximum Gasteiger partial charge on any atom is 0.332 e. The predicted octanol–water partition coefficient (Wildman–Crippen LogP) is 5.31. The van der Waals surface area contributed by atoms with Gasteiger partial charge in [0.15, 0.2) is 0 Å². The Kier molecular flexibility index (Phi) is 3.38. The Morgan fingerprint density at radius 2 is 1.52 bits per heavy atom. The molecule has 0 spiro atoms. The fraction of sp³-hybridized carbons (Fsp3) is 0.158. The molecule has 0 aliphatic rings. The van der Waals surface area contributed by atoms with Crippen LogP contribution in [0.2, 0.25) is 0 Å². The van der Waals surface area contributed by atoms with Crippen molar-refractivity contribution >= 4 is 39.9 Å². The van der Waals surface area contributed by atoms with Gasteiger partial charge >= 0.3 is 7.60 Å². The highest BCUT2D eigenvalue weighted by molar-refractivity contribution is 7.52. The quantitative estimate of drug-likeness (QED) is 0.409. The van der Waals surface area contributed by atoms with Crippen LogP contribution in [0.15, 0.2) is 54.6 Å². The van der Waals surface area contributed by atoms with Crippen LogP contribution in [0.1, 0.15) is 12.5 Å². The van der Waals surface area contributed by atoms with Gasteiger partial charge in [0.25, 0.3) is 0 Å². The summed E-state index contributed by atoms with van der Waals surface area (Å²) in [6.07, 6.45) is 0.0367. The molecule has 0 aliphatic carbocycles. The van der Waals surface area contributed by atoms with Crippen molar-refractivity contribution in [2.75, 3.05) is 6.61 Å². The van der Waals surface area contributed by atoms with Gasteiger partial charge in [-0.1, -0.05) is 54.6 Å². The second-order valence-electron chi connectivity index (χ2n) is 5.79. The topological polar surface area (TPSA) is 46.5 Å². The number of hydrogen-bond donors (Lipinski definition) is 1. The number of rotatable bonds is 4. The molecule has 1 N–H and O–H groups in total. The van der Waals surface area contributed by atoms with E-state index in [2.05, 4.69) is 36.4 Å². The molecule has 4 aromatic carbocycles. The van der Waals surface area contributed by atoms with Gasteiger partial charge in [0.1, 0.15) is 0 Å². The largest absolute Gasteiger partial charge is 0.332 e. The highest BCUT2D eigenvalue weighted by Crippen LogP contribution is 2.47. The molecule has 1 unspecified atom stereocenters. The summed E-state index contributed by atoms with van der Waals surface area (Å²) in [7, 11) is -3.61. The molecule has 0 bridgehead atoms. The molecule has 0 aliphatic heterocycles. The molecular weight excluding hydrogens is 307 g/mol. The van der Waals surface area contributed by atoms with Gasteiger partial charge in [-0.15, -0.1) is 0 Å². The van der Waals surface area contributed by atoms with E-state index in [1.54, 1.807) is 6.92 Å². The van der Waals surface area contributed by atoms with Crippen molar-refractivity contribution in [2.45, 2.75) is 13.1 Å². The average molecular weight is 324 g/mol. The van der Waals surface area contributed by atoms with E-state index in [0.29, 0.717) is 0 Å². The monoisotopic (exact) mass is 324 g/mol. The second kappa shape index (κ2) is 5.31. The normalized spacial score (nSPS) is 14.7. The zero-order valence-corrected chi connectivity index (χ0v) is 13.7. The van der Waals surface area contributed by atoms with Crippen molar-refractivity contribution < 1.29 is 14.0 Å². The van der Waals surface area contributed by atoms with E-state index in [4.69, 9.17) is 4.52 Å².